The summed E-state index contributed by atoms with van der Waals surface area (Å²) in [5.41, 5.74) is 8.52. The predicted molar refractivity (Wildman–Crippen MR) is 130 cm³/mol. The average molecular weight is 440 g/mol. The van der Waals surface area contributed by atoms with Crippen LogP contribution in [0.15, 0.2) is 59.9 Å². The summed E-state index contributed by atoms with van der Waals surface area (Å²) in [6.45, 7) is 6.54. The molecule has 168 valence electrons. The van der Waals surface area contributed by atoms with Crippen LogP contribution in [0.3, 0.4) is 0 Å². The molecule has 6 nitrogen and oxygen atoms in total. The van der Waals surface area contributed by atoms with Gasteiger partial charge in [0.25, 0.3) is 0 Å². The van der Waals surface area contributed by atoms with Gasteiger partial charge < -0.3 is 10.2 Å². The third-order valence-corrected chi connectivity index (χ3v) is 6.66. The van der Waals surface area contributed by atoms with Crippen molar-refractivity contribution in [3.63, 3.8) is 0 Å². The van der Waals surface area contributed by atoms with Gasteiger partial charge in [0, 0.05) is 54.3 Å². The molecule has 2 aliphatic heterocycles. The molecule has 2 aromatic heterocycles. The Morgan fingerprint density at radius 3 is 2.79 bits per heavy atom. The number of hydrogen-bond acceptors (Lipinski definition) is 5. The number of hydrogen-bond donors (Lipinski definition) is 1. The van der Waals surface area contributed by atoms with E-state index in [4.69, 9.17) is 4.99 Å². The van der Waals surface area contributed by atoms with Gasteiger partial charge in [0.2, 0.25) is 5.91 Å². The Labute approximate surface area is 194 Å². The molecule has 1 N–H and O–H groups in total. The number of aliphatic imine (C=N–C) groups is 1. The molecule has 0 radical (unpaired) electrons. The van der Waals surface area contributed by atoms with Crippen molar-refractivity contribution in [2.45, 2.75) is 38.8 Å². The van der Waals surface area contributed by atoms with Gasteiger partial charge in [-0.2, -0.15) is 0 Å². The van der Waals surface area contributed by atoms with E-state index in [9.17, 15) is 4.79 Å². The Hall–Kier alpha value is -3.38. The number of benzene rings is 1. The minimum absolute atomic E-state index is 0.0187. The van der Waals surface area contributed by atoms with Crippen molar-refractivity contribution in [3.05, 3.63) is 94.1 Å². The third-order valence-electron chi connectivity index (χ3n) is 6.66. The van der Waals surface area contributed by atoms with Gasteiger partial charge in [-0.25, -0.2) is 0 Å². The first-order valence-electron chi connectivity index (χ1n) is 11.5. The largest absolute Gasteiger partial charge is 0.351 e. The number of aromatic nitrogens is 2. The number of likely N-dealkylation sites (tertiary alicyclic amines) is 1. The van der Waals surface area contributed by atoms with Gasteiger partial charge in [-0.3, -0.25) is 19.8 Å². The fourth-order valence-corrected chi connectivity index (χ4v) is 5.06. The first kappa shape index (κ1) is 21.5. The summed E-state index contributed by atoms with van der Waals surface area (Å²) in [5, 5.41) is 3.29. The maximum Gasteiger partial charge on any atom is 0.226 e. The average Bonchev–Trinajstić information content (AvgIpc) is 3.37. The van der Waals surface area contributed by atoms with Crippen molar-refractivity contribution in [3.8, 4) is 0 Å². The Balaban J connectivity index is 1.28. The van der Waals surface area contributed by atoms with E-state index in [0.717, 1.165) is 46.9 Å². The van der Waals surface area contributed by atoms with Gasteiger partial charge in [-0.1, -0.05) is 24.3 Å². The van der Waals surface area contributed by atoms with Gasteiger partial charge in [0.15, 0.2) is 0 Å². The second-order valence-electron chi connectivity index (χ2n) is 9.22. The zero-order valence-electron chi connectivity index (χ0n) is 19.4. The summed E-state index contributed by atoms with van der Waals surface area (Å²) in [6.07, 6.45) is 3.94. The summed E-state index contributed by atoms with van der Waals surface area (Å²) in [4.78, 5) is 28.8. The van der Waals surface area contributed by atoms with Crippen LogP contribution >= 0.6 is 0 Å². The van der Waals surface area contributed by atoms with Crippen LogP contribution in [0, 0.1) is 13.8 Å². The molecule has 0 spiro atoms. The first-order chi connectivity index (χ1) is 16.0. The zero-order valence-corrected chi connectivity index (χ0v) is 19.4. The highest BCUT2D eigenvalue weighted by Crippen LogP contribution is 2.29. The van der Waals surface area contributed by atoms with E-state index in [1.54, 1.807) is 0 Å². The van der Waals surface area contributed by atoms with Crippen LogP contribution in [-0.2, 0) is 17.8 Å². The summed E-state index contributed by atoms with van der Waals surface area (Å²) in [5.74, 6) is 0.318. The number of carbonyl (C=O) groups excluding carboxylic acids is 1. The second-order valence-corrected chi connectivity index (χ2v) is 9.22. The third kappa shape index (κ3) is 4.44. The highest BCUT2D eigenvalue weighted by molar-refractivity contribution is 6.15. The number of amides is 1. The molecule has 0 unspecified atom stereocenters. The maximum absolute atomic E-state index is 13.0. The lowest BCUT2D eigenvalue weighted by Gasteiger charge is -2.22. The molecule has 1 saturated heterocycles. The number of carbonyl (C=O) groups is 1. The smallest absolute Gasteiger partial charge is 0.226 e. The van der Waals surface area contributed by atoms with Gasteiger partial charge in [-0.15, -0.1) is 0 Å². The van der Waals surface area contributed by atoms with Crippen LogP contribution in [0.1, 0.15) is 45.1 Å². The second kappa shape index (κ2) is 8.87. The SMILES string of the molecule is Cc1cc(C2=NCc3cc(CC(=O)N[C@@H]4CN(C)C[C@@H]4c4ccccc4C)ncc32)ccn1. The molecule has 6 heteroatoms. The van der Waals surface area contributed by atoms with Crippen LogP contribution in [0.4, 0.5) is 0 Å². The molecule has 0 aliphatic carbocycles. The Bertz CT molecular complexity index is 1230. The van der Waals surface area contributed by atoms with E-state index in [1.807, 2.05) is 37.5 Å². The summed E-state index contributed by atoms with van der Waals surface area (Å²) < 4.78 is 0. The van der Waals surface area contributed by atoms with E-state index in [-0.39, 0.29) is 18.4 Å². The molecule has 5 rings (SSSR count). The molecule has 4 heterocycles. The molecule has 3 aromatic rings. The monoisotopic (exact) mass is 439 g/mol. The van der Waals surface area contributed by atoms with Crippen molar-refractivity contribution in [2.24, 2.45) is 4.99 Å². The van der Waals surface area contributed by atoms with Crippen LogP contribution in [0.5, 0.6) is 0 Å². The topological polar surface area (TPSA) is 70.5 Å². The van der Waals surface area contributed by atoms with E-state index < -0.39 is 0 Å². The lowest BCUT2D eigenvalue weighted by Crippen LogP contribution is -2.40. The van der Waals surface area contributed by atoms with Gasteiger partial charge in [0.05, 0.1) is 24.4 Å². The zero-order chi connectivity index (χ0) is 22.9. The Morgan fingerprint density at radius 1 is 1.12 bits per heavy atom. The molecule has 1 fully saturated rings. The number of nitrogens with one attached hydrogen (secondary N) is 1. The molecule has 2 atom stereocenters. The van der Waals surface area contributed by atoms with Crippen LogP contribution in [-0.4, -0.2) is 52.7 Å². The molecule has 33 heavy (non-hydrogen) atoms. The molecular formula is C27H29N5O. The fraction of sp³-hybridized carbons (Fsp3) is 0.333. The highest BCUT2D eigenvalue weighted by atomic mass is 16.1. The van der Waals surface area contributed by atoms with Crippen LogP contribution in [0.25, 0.3) is 0 Å². The lowest BCUT2D eigenvalue weighted by atomic mass is 9.91. The maximum atomic E-state index is 13.0. The van der Waals surface area contributed by atoms with Gasteiger partial charge >= 0.3 is 0 Å². The van der Waals surface area contributed by atoms with E-state index in [0.29, 0.717) is 12.5 Å². The summed E-state index contributed by atoms with van der Waals surface area (Å²) in [6, 6.07) is 14.6. The van der Waals surface area contributed by atoms with E-state index >= 15 is 0 Å². The number of pyridine rings is 2. The Morgan fingerprint density at radius 2 is 1.97 bits per heavy atom. The minimum Gasteiger partial charge on any atom is -0.351 e. The minimum atomic E-state index is 0.0187. The fourth-order valence-electron chi connectivity index (χ4n) is 5.06. The van der Waals surface area contributed by atoms with Crippen LogP contribution in [0.2, 0.25) is 0 Å². The summed E-state index contributed by atoms with van der Waals surface area (Å²) in [7, 11) is 2.11. The molecule has 0 bridgehead atoms. The molecule has 0 saturated carbocycles. The summed E-state index contributed by atoms with van der Waals surface area (Å²) >= 11 is 0. The van der Waals surface area contributed by atoms with Crippen molar-refractivity contribution >= 4 is 11.6 Å². The molecular weight excluding hydrogens is 410 g/mol. The van der Waals surface area contributed by atoms with Gasteiger partial charge in [0.1, 0.15) is 0 Å². The Kier molecular flexibility index (Phi) is 5.77. The van der Waals surface area contributed by atoms with E-state index in [1.165, 1.54) is 11.1 Å². The normalized spacial score (nSPS) is 19.9. The van der Waals surface area contributed by atoms with Crippen molar-refractivity contribution in [1.29, 1.82) is 0 Å². The molecule has 2 aliphatic rings. The number of likely N-dealkylation sites (N-methyl/N-ethyl adjacent to an activating group) is 1. The predicted octanol–water partition coefficient (Wildman–Crippen LogP) is 3.20. The van der Waals surface area contributed by atoms with Crippen molar-refractivity contribution in [2.75, 3.05) is 20.1 Å². The molecule has 1 aromatic carbocycles. The van der Waals surface area contributed by atoms with Crippen molar-refractivity contribution < 1.29 is 4.79 Å². The van der Waals surface area contributed by atoms with Gasteiger partial charge in [-0.05, 0) is 55.8 Å². The molecule has 1 amide bonds. The van der Waals surface area contributed by atoms with Crippen LogP contribution < -0.4 is 5.32 Å². The standard InChI is InChI=1S/C27H29N5O/c1-17-6-4-5-7-22(17)24-15-32(3)16-25(24)31-26(33)12-21-11-20-13-30-27(23(20)14-29-21)19-8-9-28-18(2)10-19/h4-11,14,24-25H,12-13,15-16H2,1-3H3,(H,31,33)/t24-,25-/m1/s1. The number of aryl methyl sites for hydroxylation is 2. The quantitative estimate of drug-likeness (QED) is 0.663. The number of rotatable bonds is 5. The van der Waals surface area contributed by atoms with Crippen molar-refractivity contribution in [1.82, 2.24) is 20.2 Å². The number of nitrogens with zero attached hydrogens (tertiary/aromatic N) is 4. The number of fused-ring (bicyclic) bond motifs is 1. The first-order valence-corrected chi connectivity index (χ1v) is 11.5. The lowest BCUT2D eigenvalue weighted by molar-refractivity contribution is -0.121. The highest BCUT2D eigenvalue weighted by Gasteiger charge is 2.33. The van der Waals surface area contributed by atoms with E-state index in [2.05, 4.69) is 58.4 Å².